The number of nitrogens with zero attached hydrogens (tertiary/aromatic N) is 3. The van der Waals surface area contributed by atoms with Gasteiger partial charge in [-0.15, -0.1) is 0 Å². The van der Waals surface area contributed by atoms with Gasteiger partial charge in [0, 0.05) is 18.4 Å². The standard InChI is InChI=1S/C18H20N4O4S/c1-2-15-10-14(20-25-15)11-27(23,24)22-16(12-6-4-3-5-7-12)17-19-18(26-21-17)13-8-9-13/h3-7,10,13,16,22H,2,8-9,11H2,1H3. The van der Waals surface area contributed by atoms with Crippen molar-refractivity contribution in [3.05, 3.63) is 65.1 Å². The number of nitrogens with one attached hydrogen (secondary N) is 1. The van der Waals surface area contributed by atoms with E-state index in [1.165, 1.54) is 0 Å². The first-order valence-corrected chi connectivity index (χ1v) is 10.5. The van der Waals surface area contributed by atoms with Crippen LogP contribution in [0.15, 0.2) is 45.4 Å². The minimum atomic E-state index is -3.71. The molecular weight excluding hydrogens is 368 g/mol. The fourth-order valence-corrected chi connectivity index (χ4v) is 3.99. The molecule has 27 heavy (non-hydrogen) atoms. The normalized spacial score (nSPS) is 15.7. The van der Waals surface area contributed by atoms with E-state index in [2.05, 4.69) is 20.0 Å². The van der Waals surface area contributed by atoms with Crippen molar-refractivity contribution in [2.75, 3.05) is 0 Å². The van der Waals surface area contributed by atoms with Crippen LogP contribution in [0.25, 0.3) is 0 Å². The Morgan fingerprint density at radius 2 is 1.96 bits per heavy atom. The second-order valence-corrected chi connectivity index (χ2v) is 8.38. The maximum Gasteiger partial charge on any atom is 0.229 e. The fraction of sp³-hybridized carbons (Fsp3) is 0.389. The summed E-state index contributed by atoms with van der Waals surface area (Å²) in [5.41, 5.74) is 1.09. The quantitative estimate of drug-likeness (QED) is 0.631. The molecular formula is C18H20N4O4S. The first-order chi connectivity index (χ1) is 13.0. The van der Waals surface area contributed by atoms with Gasteiger partial charge in [0.2, 0.25) is 15.9 Å². The molecule has 0 amide bonds. The van der Waals surface area contributed by atoms with Gasteiger partial charge in [-0.3, -0.25) is 0 Å². The molecule has 0 radical (unpaired) electrons. The molecule has 8 nitrogen and oxygen atoms in total. The molecule has 0 bridgehead atoms. The van der Waals surface area contributed by atoms with Crippen molar-refractivity contribution in [2.24, 2.45) is 0 Å². The van der Waals surface area contributed by atoms with Gasteiger partial charge in [-0.2, -0.15) is 9.71 Å². The van der Waals surface area contributed by atoms with Crippen molar-refractivity contribution in [3.8, 4) is 0 Å². The lowest BCUT2D eigenvalue weighted by Crippen LogP contribution is -2.31. The summed E-state index contributed by atoms with van der Waals surface area (Å²) >= 11 is 0. The molecule has 1 aliphatic rings. The van der Waals surface area contributed by atoms with Gasteiger partial charge < -0.3 is 9.05 Å². The first-order valence-electron chi connectivity index (χ1n) is 8.87. The second-order valence-electron chi connectivity index (χ2n) is 6.62. The van der Waals surface area contributed by atoms with Crippen molar-refractivity contribution in [2.45, 2.75) is 43.9 Å². The summed E-state index contributed by atoms with van der Waals surface area (Å²) in [6.07, 6.45) is 2.70. The number of hydrogen-bond acceptors (Lipinski definition) is 7. The fourth-order valence-electron chi connectivity index (χ4n) is 2.78. The van der Waals surface area contributed by atoms with Crippen LogP contribution in [0.1, 0.15) is 60.5 Å². The Morgan fingerprint density at radius 1 is 1.19 bits per heavy atom. The van der Waals surface area contributed by atoms with E-state index in [0.29, 0.717) is 35.5 Å². The van der Waals surface area contributed by atoms with Crippen LogP contribution in [0.4, 0.5) is 0 Å². The molecule has 4 rings (SSSR count). The van der Waals surface area contributed by atoms with Gasteiger partial charge in [-0.05, 0) is 18.4 Å². The van der Waals surface area contributed by atoms with Gasteiger partial charge >= 0.3 is 0 Å². The highest BCUT2D eigenvalue weighted by molar-refractivity contribution is 7.88. The van der Waals surface area contributed by atoms with Gasteiger partial charge in [-0.25, -0.2) is 8.42 Å². The van der Waals surface area contributed by atoms with Crippen molar-refractivity contribution in [1.82, 2.24) is 20.0 Å². The summed E-state index contributed by atoms with van der Waals surface area (Å²) in [6, 6.07) is 10.1. The van der Waals surface area contributed by atoms with Crippen LogP contribution in [0.3, 0.4) is 0 Å². The number of benzene rings is 1. The minimum Gasteiger partial charge on any atom is -0.361 e. The van der Waals surface area contributed by atoms with E-state index in [-0.39, 0.29) is 5.75 Å². The van der Waals surface area contributed by atoms with Crippen molar-refractivity contribution >= 4 is 10.0 Å². The molecule has 2 aromatic heterocycles. The monoisotopic (exact) mass is 388 g/mol. The number of aryl methyl sites for hydroxylation is 1. The second kappa shape index (κ2) is 7.24. The van der Waals surface area contributed by atoms with Crippen molar-refractivity contribution in [3.63, 3.8) is 0 Å². The lowest BCUT2D eigenvalue weighted by molar-refractivity contribution is 0.371. The lowest BCUT2D eigenvalue weighted by atomic mass is 10.1. The van der Waals surface area contributed by atoms with Crippen LogP contribution >= 0.6 is 0 Å². The van der Waals surface area contributed by atoms with Crippen LogP contribution < -0.4 is 4.72 Å². The molecule has 1 unspecified atom stereocenters. The third kappa shape index (κ3) is 4.25. The minimum absolute atomic E-state index is 0.285. The topological polar surface area (TPSA) is 111 Å². The highest BCUT2D eigenvalue weighted by Gasteiger charge is 2.32. The van der Waals surface area contributed by atoms with E-state index in [0.717, 1.165) is 18.4 Å². The Labute approximate surface area is 157 Å². The van der Waals surface area contributed by atoms with Crippen LogP contribution in [0, 0.1) is 0 Å². The summed E-state index contributed by atoms with van der Waals surface area (Å²) < 4.78 is 38.5. The SMILES string of the molecule is CCc1cc(CS(=O)(=O)NC(c2ccccc2)c2noc(C3CC3)n2)no1. The lowest BCUT2D eigenvalue weighted by Gasteiger charge is -2.15. The smallest absolute Gasteiger partial charge is 0.229 e. The number of hydrogen-bond donors (Lipinski definition) is 1. The third-order valence-corrected chi connectivity index (χ3v) is 5.64. The third-order valence-electron chi connectivity index (χ3n) is 4.37. The van der Waals surface area contributed by atoms with Gasteiger partial charge in [0.15, 0.2) is 5.82 Å². The molecule has 1 atom stereocenters. The zero-order chi connectivity index (χ0) is 18.9. The molecule has 0 aliphatic heterocycles. The van der Waals surface area contributed by atoms with Crippen LogP contribution in [-0.2, 0) is 22.2 Å². The average Bonchev–Trinajstić information content (AvgIpc) is 3.23. The summed E-state index contributed by atoms with van der Waals surface area (Å²) in [7, 11) is -3.71. The van der Waals surface area contributed by atoms with Crippen LogP contribution in [0.5, 0.6) is 0 Å². The Morgan fingerprint density at radius 3 is 2.63 bits per heavy atom. The molecule has 1 fully saturated rings. The Kier molecular flexibility index (Phi) is 4.79. The zero-order valence-electron chi connectivity index (χ0n) is 14.8. The van der Waals surface area contributed by atoms with Crippen LogP contribution in [-0.4, -0.2) is 23.7 Å². The molecule has 1 saturated carbocycles. The van der Waals surface area contributed by atoms with E-state index < -0.39 is 16.1 Å². The molecule has 0 saturated heterocycles. The number of rotatable bonds is 8. The van der Waals surface area contributed by atoms with Crippen molar-refractivity contribution < 1.29 is 17.5 Å². The van der Waals surface area contributed by atoms with E-state index in [1.807, 2.05) is 37.3 Å². The summed E-state index contributed by atoms with van der Waals surface area (Å²) in [4.78, 5) is 4.42. The molecule has 142 valence electrons. The molecule has 1 N–H and O–H groups in total. The predicted molar refractivity (Wildman–Crippen MR) is 96.2 cm³/mol. The van der Waals surface area contributed by atoms with Gasteiger partial charge in [-0.1, -0.05) is 47.6 Å². The molecule has 1 aliphatic carbocycles. The van der Waals surface area contributed by atoms with Crippen molar-refractivity contribution in [1.29, 1.82) is 0 Å². The Balaban J connectivity index is 1.59. The summed E-state index contributed by atoms with van der Waals surface area (Å²) in [5, 5.41) is 7.83. The highest BCUT2D eigenvalue weighted by atomic mass is 32.2. The Bertz CT molecular complexity index is 1010. The van der Waals surface area contributed by atoms with Crippen LogP contribution in [0.2, 0.25) is 0 Å². The van der Waals surface area contributed by atoms with Gasteiger partial charge in [0.05, 0.1) is 0 Å². The maximum absolute atomic E-state index is 12.7. The molecule has 9 heteroatoms. The van der Waals surface area contributed by atoms with Gasteiger partial charge in [0.1, 0.15) is 23.2 Å². The molecule has 2 heterocycles. The summed E-state index contributed by atoms with van der Waals surface area (Å²) in [6.45, 7) is 1.91. The first kappa shape index (κ1) is 17.9. The van der Waals surface area contributed by atoms with E-state index in [1.54, 1.807) is 6.07 Å². The molecule has 3 aromatic rings. The zero-order valence-corrected chi connectivity index (χ0v) is 15.6. The van der Waals surface area contributed by atoms with E-state index in [4.69, 9.17) is 9.05 Å². The Hall–Kier alpha value is -2.52. The predicted octanol–water partition coefficient (Wildman–Crippen LogP) is 2.71. The highest BCUT2D eigenvalue weighted by Crippen LogP contribution is 2.39. The largest absolute Gasteiger partial charge is 0.361 e. The maximum atomic E-state index is 12.7. The van der Waals surface area contributed by atoms with E-state index >= 15 is 0 Å². The number of aromatic nitrogens is 3. The van der Waals surface area contributed by atoms with E-state index in [9.17, 15) is 8.42 Å². The molecule has 1 aromatic carbocycles. The summed E-state index contributed by atoms with van der Waals surface area (Å²) in [5.74, 6) is 1.52. The van der Waals surface area contributed by atoms with Gasteiger partial charge in [0.25, 0.3) is 0 Å². The molecule has 0 spiro atoms. The number of sulfonamides is 1. The average molecular weight is 388 g/mol.